The Hall–Kier alpha value is -1.63. The molecule has 0 saturated heterocycles. The van der Waals surface area contributed by atoms with Gasteiger partial charge in [-0.1, -0.05) is 26.0 Å². The summed E-state index contributed by atoms with van der Waals surface area (Å²) in [7, 11) is -3.61. The third kappa shape index (κ3) is 6.17. The highest BCUT2D eigenvalue weighted by atomic mass is 32.2. The molecule has 130 valence electrons. The summed E-state index contributed by atoms with van der Waals surface area (Å²) in [6.07, 6.45) is 3.27. The molecular weight excluding hydrogens is 319 g/mol. The van der Waals surface area contributed by atoms with Crippen LogP contribution >= 0.6 is 0 Å². The summed E-state index contributed by atoms with van der Waals surface area (Å²) >= 11 is 0. The van der Waals surface area contributed by atoms with Crippen molar-refractivity contribution in [3.8, 4) is 0 Å². The van der Waals surface area contributed by atoms with Crippen molar-refractivity contribution in [3.05, 3.63) is 30.1 Å². The number of hydrogen-bond donors (Lipinski definition) is 1. The van der Waals surface area contributed by atoms with Crippen LogP contribution in [-0.2, 0) is 14.8 Å². The second kappa shape index (κ2) is 8.86. The van der Waals surface area contributed by atoms with E-state index >= 15 is 0 Å². The molecule has 1 rings (SSSR count). The molecule has 0 aromatic heterocycles. The molecule has 1 aromatic rings. The number of benzene rings is 1. The maximum atomic E-state index is 13.8. The Kier molecular flexibility index (Phi) is 7.48. The van der Waals surface area contributed by atoms with E-state index < -0.39 is 15.8 Å². The molecule has 0 spiro atoms. The average molecular weight is 344 g/mol. The number of anilines is 1. The molecule has 1 aromatic carbocycles. The van der Waals surface area contributed by atoms with E-state index in [1.165, 1.54) is 18.2 Å². The quantitative estimate of drug-likeness (QED) is 0.749. The number of hydrogen-bond acceptors (Lipinski definition) is 3. The van der Waals surface area contributed by atoms with Gasteiger partial charge < -0.3 is 5.32 Å². The summed E-state index contributed by atoms with van der Waals surface area (Å²) in [5.41, 5.74) is 0.00963. The number of carbonyl (C=O) groups excluding carboxylic acids is 1. The molecule has 1 amide bonds. The summed E-state index contributed by atoms with van der Waals surface area (Å²) in [5, 5.41) is 2.90. The van der Waals surface area contributed by atoms with Crippen LogP contribution < -0.4 is 9.62 Å². The lowest BCUT2D eigenvalue weighted by Gasteiger charge is -2.23. The summed E-state index contributed by atoms with van der Waals surface area (Å²) in [6.45, 7) is 4.06. The predicted octanol–water partition coefficient (Wildman–Crippen LogP) is 2.68. The normalized spacial score (nSPS) is 11.5. The molecule has 0 atom stereocenters. The number of para-hydroxylation sites is 1. The van der Waals surface area contributed by atoms with Gasteiger partial charge in [0, 0.05) is 19.0 Å². The van der Waals surface area contributed by atoms with Crippen LogP contribution in [0, 0.1) is 5.82 Å². The van der Waals surface area contributed by atoms with Crippen molar-refractivity contribution in [2.45, 2.75) is 45.6 Å². The Morgan fingerprint density at radius 2 is 1.87 bits per heavy atom. The fourth-order valence-electron chi connectivity index (χ4n) is 2.29. The van der Waals surface area contributed by atoms with Crippen LogP contribution in [0.2, 0.25) is 0 Å². The Balaban J connectivity index is 2.68. The number of rotatable bonds is 9. The molecule has 0 bridgehead atoms. The van der Waals surface area contributed by atoms with Crippen LogP contribution in [0.1, 0.15) is 39.5 Å². The van der Waals surface area contributed by atoms with Gasteiger partial charge in [0.05, 0.1) is 11.9 Å². The second-order valence-electron chi connectivity index (χ2n) is 5.47. The summed E-state index contributed by atoms with van der Waals surface area (Å²) in [6, 6.07) is 5.85. The lowest BCUT2D eigenvalue weighted by molar-refractivity contribution is -0.121. The minimum atomic E-state index is -3.61. The first-order chi connectivity index (χ1) is 10.8. The predicted molar refractivity (Wildman–Crippen MR) is 90.3 cm³/mol. The number of sulfonamides is 1. The molecule has 0 aliphatic carbocycles. The summed E-state index contributed by atoms with van der Waals surface area (Å²) < 4.78 is 38.6. The van der Waals surface area contributed by atoms with Gasteiger partial charge in [0.1, 0.15) is 5.82 Å². The monoisotopic (exact) mass is 344 g/mol. The van der Waals surface area contributed by atoms with Crippen molar-refractivity contribution in [2.24, 2.45) is 0 Å². The minimum absolute atomic E-state index is 0.00963. The molecule has 0 aliphatic heterocycles. The lowest BCUT2D eigenvalue weighted by Crippen LogP contribution is -2.35. The van der Waals surface area contributed by atoms with Gasteiger partial charge in [0.2, 0.25) is 15.9 Å². The van der Waals surface area contributed by atoms with Gasteiger partial charge in [-0.3, -0.25) is 9.10 Å². The maximum absolute atomic E-state index is 13.8. The van der Waals surface area contributed by atoms with E-state index in [0.717, 1.165) is 23.4 Å². The van der Waals surface area contributed by atoms with E-state index in [0.29, 0.717) is 6.42 Å². The summed E-state index contributed by atoms with van der Waals surface area (Å²) in [4.78, 5) is 11.9. The number of halogens is 1. The lowest BCUT2D eigenvalue weighted by atomic mass is 10.1. The van der Waals surface area contributed by atoms with E-state index in [1.54, 1.807) is 6.07 Å². The van der Waals surface area contributed by atoms with Crippen LogP contribution in [-0.4, -0.2) is 33.2 Å². The van der Waals surface area contributed by atoms with Crippen molar-refractivity contribution >= 4 is 21.6 Å². The highest BCUT2D eigenvalue weighted by Gasteiger charge is 2.20. The standard InChI is InChI=1S/C16H25FN2O3S/c1-4-13(5-2)18-16(20)11-8-12-19(23(3,21)22)15-10-7-6-9-14(15)17/h6-7,9-10,13H,4-5,8,11-12H2,1-3H3,(H,18,20). The topological polar surface area (TPSA) is 66.5 Å². The molecule has 5 nitrogen and oxygen atoms in total. The molecule has 0 aliphatic rings. The van der Waals surface area contributed by atoms with E-state index in [9.17, 15) is 17.6 Å². The Labute approximate surface area is 137 Å². The first-order valence-electron chi connectivity index (χ1n) is 7.81. The van der Waals surface area contributed by atoms with Crippen LogP contribution in [0.15, 0.2) is 24.3 Å². The first kappa shape index (κ1) is 19.4. The van der Waals surface area contributed by atoms with Crippen molar-refractivity contribution in [1.82, 2.24) is 5.32 Å². The Bertz CT molecular complexity index is 616. The molecular formula is C16H25FN2O3S. The summed E-state index contributed by atoms with van der Waals surface area (Å²) in [5.74, 6) is -0.708. The highest BCUT2D eigenvalue weighted by Crippen LogP contribution is 2.21. The molecule has 0 radical (unpaired) electrons. The van der Waals surface area contributed by atoms with E-state index in [2.05, 4.69) is 5.32 Å². The highest BCUT2D eigenvalue weighted by molar-refractivity contribution is 7.92. The number of nitrogens with one attached hydrogen (secondary N) is 1. The van der Waals surface area contributed by atoms with Gasteiger partial charge in [-0.15, -0.1) is 0 Å². The first-order valence-corrected chi connectivity index (χ1v) is 9.66. The third-order valence-corrected chi connectivity index (χ3v) is 4.82. The zero-order chi connectivity index (χ0) is 17.5. The van der Waals surface area contributed by atoms with Gasteiger partial charge in [-0.2, -0.15) is 0 Å². The fourth-order valence-corrected chi connectivity index (χ4v) is 3.26. The van der Waals surface area contributed by atoms with Gasteiger partial charge in [0.25, 0.3) is 0 Å². The van der Waals surface area contributed by atoms with Gasteiger partial charge in [0.15, 0.2) is 0 Å². The Morgan fingerprint density at radius 3 is 2.39 bits per heavy atom. The number of carbonyl (C=O) groups is 1. The second-order valence-corrected chi connectivity index (χ2v) is 7.38. The maximum Gasteiger partial charge on any atom is 0.232 e. The molecule has 23 heavy (non-hydrogen) atoms. The molecule has 0 saturated carbocycles. The van der Waals surface area contributed by atoms with Crippen molar-refractivity contribution in [2.75, 3.05) is 17.1 Å². The average Bonchev–Trinajstić information content (AvgIpc) is 2.49. The van der Waals surface area contributed by atoms with E-state index in [1.807, 2.05) is 13.8 Å². The zero-order valence-electron chi connectivity index (χ0n) is 13.9. The molecule has 7 heteroatoms. The van der Waals surface area contributed by atoms with Gasteiger partial charge in [-0.05, 0) is 31.4 Å². The van der Waals surface area contributed by atoms with E-state index in [-0.39, 0.29) is 30.6 Å². The number of amides is 1. The van der Waals surface area contributed by atoms with Crippen molar-refractivity contribution in [1.29, 1.82) is 0 Å². The molecule has 0 unspecified atom stereocenters. The third-order valence-electron chi connectivity index (χ3n) is 3.64. The largest absolute Gasteiger partial charge is 0.353 e. The van der Waals surface area contributed by atoms with Crippen LogP contribution in [0.3, 0.4) is 0 Å². The molecule has 0 fully saturated rings. The minimum Gasteiger partial charge on any atom is -0.353 e. The fraction of sp³-hybridized carbons (Fsp3) is 0.562. The van der Waals surface area contributed by atoms with Gasteiger partial charge >= 0.3 is 0 Å². The van der Waals surface area contributed by atoms with Crippen LogP contribution in [0.25, 0.3) is 0 Å². The Morgan fingerprint density at radius 1 is 1.26 bits per heavy atom. The van der Waals surface area contributed by atoms with Crippen molar-refractivity contribution in [3.63, 3.8) is 0 Å². The van der Waals surface area contributed by atoms with Crippen LogP contribution in [0.4, 0.5) is 10.1 Å². The molecule has 0 heterocycles. The van der Waals surface area contributed by atoms with Crippen LogP contribution in [0.5, 0.6) is 0 Å². The SMILES string of the molecule is CCC(CC)NC(=O)CCCN(c1ccccc1F)S(C)(=O)=O. The van der Waals surface area contributed by atoms with E-state index in [4.69, 9.17) is 0 Å². The zero-order valence-corrected chi connectivity index (χ0v) is 14.7. The van der Waals surface area contributed by atoms with Crippen molar-refractivity contribution < 1.29 is 17.6 Å². The molecule has 1 N–H and O–H groups in total. The number of nitrogens with zero attached hydrogens (tertiary/aromatic N) is 1. The van der Waals surface area contributed by atoms with Gasteiger partial charge in [-0.25, -0.2) is 12.8 Å². The smallest absolute Gasteiger partial charge is 0.232 e.